The summed E-state index contributed by atoms with van der Waals surface area (Å²) in [6, 6.07) is 14.2. The number of rotatable bonds is 9. The van der Waals surface area contributed by atoms with Gasteiger partial charge in [0.1, 0.15) is 0 Å². The molecule has 0 saturated heterocycles. The lowest BCUT2D eigenvalue weighted by molar-refractivity contribution is -0.141. The normalized spacial score (nSPS) is 12.6. The SMILES string of the molecule is C=CCC(CCC/C=C(\c1ccccc1)c1cccnc1)C(=O)O. The maximum atomic E-state index is 11.2. The third-order valence-electron chi connectivity index (χ3n) is 3.96. The second kappa shape index (κ2) is 9.46. The number of carboxylic acids is 1. The molecule has 3 heteroatoms. The molecule has 0 aliphatic heterocycles. The Morgan fingerprint density at radius 2 is 1.92 bits per heavy atom. The van der Waals surface area contributed by atoms with E-state index < -0.39 is 5.97 Å². The summed E-state index contributed by atoms with van der Waals surface area (Å²) < 4.78 is 0. The Bertz CT molecular complexity index is 636. The van der Waals surface area contributed by atoms with E-state index in [4.69, 9.17) is 0 Å². The predicted molar refractivity (Wildman–Crippen MR) is 97.5 cm³/mol. The molecule has 0 amide bonds. The van der Waals surface area contributed by atoms with Crippen molar-refractivity contribution in [3.63, 3.8) is 0 Å². The summed E-state index contributed by atoms with van der Waals surface area (Å²) >= 11 is 0. The number of nitrogens with zero attached hydrogens (tertiary/aromatic N) is 1. The van der Waals surface area contributed by atoms with Crippen molar-refractivity contribution in [3.8, 4) is 0 Å². The molecular formula is C21H23NO2. The highest BCUT2D eigenvalue weighted by Gasteiger charge is 2.14. The minimum atomic E-state index is -0.741. The van der Waals surface area contributed by atoms with E-state index in [1.165, 1.54) is 0 Å². The third kappa shape index (κ3) is 5.20. The topological polar surface area (TPSA) is 50.2 Å². The second-order valence-electron chi connectivity index (χ2n) is 5.72. The van der Waals surface area contributed by atoms with E-state index in [0.717, 1.165) is 29.5 Å². The fraction of sp³-hybridized carbons (Fsp3) is 0.238. The highest BCUT2D eigenvalue weighted by Crippen LogP contribution is 2.24. The highest BCUT2D eigenvalue weighted by atomic mass is 16.4. The Morgan fingerprint density at radius 3 is 2.54 bits per heavy atom. The molecule has 2 aromatic rings. The molecule has 1 heterocycles. The molecule has 1 aromatic carbocycles. The Kier molecular flexibility index (Phi) is 6.96. The smallest absolute Gasteiger partial charge is 0.306 e. The fourth-order valence-corrected chi connectivity index (χ4v) is 2.70. The van der Waals surface area contributed by atoms with Gasteiger partial charge in [0.05, 0.1) is 5.92 Å². The van der Waals surface area contributed by atoms with E-state index in [9.17, 15) is 9.90 Å². The number of allylic oxidation sites excluding steroid dienone is 2. The number of carbonyl (C=O) groups is 1. The Balaban J connectivity index is 2.09. The summed E-state index contributed by atoms with van der Waals surface area (Å²) in [5, 5.41) is 9.20. The van der Waals surface area contributed by atoms with Crippen molar-refractivity contribution in [1.29, 1.82) is 0 Å². The number of benzene rings is 1. The number of aromatic nitrogens is 1. The van der Waals surface area contributed by atoms with E-state index in [-0.39, 0.29) is 5.92 Å². The molecule has 1 aromatic heterocycles. The fourth-order valence-electron chi connectivity index (χ4n) is 2.70. The van der Waals surface area contributed by atoms with Crippen LogP contribution in [0.1, 0.15) is 36.8 Å². The first-order valence-electron chi connectivity index (χ1n) is 8.22. The summed E-state index contributed by atoms with van der Waals surface area (Å²) in [5.74, 6) is -1.08. The molecule has 2 rings (SSSR count). The minimum Gasteiger partial charge on any atom is -0.481 e. The van der Waals surface area contributed by atoms with Crippen molar-refractivity contribution in [2.24, 2.45) is 5.92 Å². The maximum absolute atomic E-state index is 11.2. The zero-order chi connectivity index (χ0) is 17.2. The van der Waals surface area contributed by atoms with Gasteiger partial charge < -0.3 is 5.11 Å². The van der Waals surface area contributed by atoms with Gasteiger partial charge in [0.2, 0.25) is 0 Å². The number of hydrogen-bond acceptors (Lipinski definition) is 2. The number of unbranched alkanes of at least 4 members (excludes halogenated alkanes) is 1. The first-order valence-corrected chi connectivity index (χ1v) is 8.22. The second-order valence-corrected chi connectivity index (χ2v) is 5.72. The van der Waals surface area contributed by atoms with Crippen LogP contribution in [-0.2, 0) is 4.79 Å². The lowest BCUT2D eigenvalue weighted by atomic mass is 9.95. The predicted octanol–water partition coefficient (Wildman–Crippen LogP) is 4.96. The van der Waals surface area contributed by atoms with E-state index in [1.807, 2.05) is 36.5 Å². The molecule has 0 bridgehead atoms. The van der Waals surface area contributed by atoms with Gasteiger partial charge >= 0.3 is 5.97 Å². The van der Waals surface area contributed by atoms with Gasteiger partial charge in [0, 0.05) is 18.0 Å². The lowest BCUT2D eigenvalue weighted by Crippen LogP contribution is -2.12. The molecule has 0 spiro atoms. The molecule has 0 aliphatic carbocycles. The van der Waals surface area contributed by atoms with E-state index in [2.05, 4.69) is 29.8 Å². The van der Waals surface area contributed by atoms with Crippen LogP contribution >= 0.6 is 0 Å². The molecular weight excluding hydrogens is 298 g/mol. The molecule has 1 N–H and O–H groups in total. The van der Waals surface area contributed by atoms with Crippen LogP contribution in [0.3, 0.4) is 0 Å². The number of aliphatic carboxylic acids is 1. The van der Waals surface area contributed by atoms with Crippen LogP contribution in [0.25, 0.3) is 5.57 Å². The molecule has 1 atom stereocenters. The molecule has 0 aliphatic rings. The average Bonchev–Trinajstić information content (AvgIpc) is 2.62. The standard InChI is InChI=1S/C21H23NO2/c1-2-9-18(21(23)24)12-6-7-14-20(17-10-4-3-5-11-17)19-13-8-15-22-16-19/h2-5,8,10-11,13-16,18H,1,6-7,9,12H2,(H,23,24)/b20-14+. The summed E-state index contributed by atoms with van der Waals surface area (Å²) in [6.45, 7) is 3.64. The van der Waals surface area contributed by atoms with E-state index >= 15 is 0 Å². The third-order valence-corrected chi connectivity index (χ3v) is 3.96. The molecule has 3 nitrogen and oxygen atoms in total. The van der Waals surface area contributed by atoms with Gasteiger partial charge in [-0.3, -0.25) is 9.78 Å². The first-order chi connectivity index (χ1) is 11.7. The van der Waals surface area contributed by atoms with Crippen LogP contribution in [0.5, 0.6) is 0 Å². The van der Waals surface area contributed by atoms with Crippen LogP contribution < -0.4 is 0 Å². The van der Waals surface area contributed by atoms with Gasteiger partial charge in [-0.25, -0.2) is 0 Å². The monoisotopic (exact) mass is 321 g/mol. The zero-order valence-electron chi connectivity index (χ0n) is 13.8. The first kappa shape index (κ1) is 17.7. The number of pyridine rings is 1. The summed E-state index contributed by atoms with van der Waals surface area (Å²) in [7, 11) is 0. The van der Waals surface area contributed by atoms with Gasteiger partial charge in [-0.2, -0.15) is 0 Å². The van der Waals surface area contributed by atoms with Crippen LogP contribution in [0.4, 0.5) is 0 Å². The molecule has 0 saturated carbocycles. The molecule has 124 valence electrons. The van der Waals surface area contributed by atoms with Gasteiger partial charge in [0.25, 0.3) is 0 Å². The molecule has 1 unspecified atom stereocenters. The lowest BCUT2D eigenvalue weighted by Gasteiger charge is -2.10. The van der Waals surface area contributed by atoms with Crippen molar-refractivity contribution in [3.05, 3.63) is 84.7 Å². The van der Waals surface area contributed by atoms with Crippen LogP contribution in [0, 0.1) is 5.92 Å². The maximum Gasteiger partial charge on any atom is 0.306 e. The minimum absolute atomic E-state index is 0.338. The van der Waals surface area contributed by atoms with Crippen LogP contribution in [0.15, 0.2) is 73.6 Å². The van der Waals surface area contributed by atoms with Crippen molar-refractivity contribution >= 4 is 11.5 Å². The molecule has 0 radical (unpaired) electrons. The van der Waals surface area contributed by atoms with Crippen LogP contribution in [0.2, 0.25) is 0 Å². The van der Waals surface area contributed by atoms with Crippen LogP contribution in [-0.4, -0.2) is 16.1 Å². The quantitative estimate of drug-likeness (QED) is 0.524. The van der Waals surface area contributed by atoms with Crippen molar-refractivity contribution in [1.82, 2.24) is 4.98 Å². The Hall–Kier alpha value is -2.68. The summed E-state index contributed by atoms with van der Waals surface area (Å²) in [4.78, 5) is 15.4. The van der Waals surface area contributed by atoms with Gasteiger partial charge in [-0.15, -0.1) is 6.58 Å². The Labute approximate surface area is 143 Å². The van der Waals surface area contributed by atoms with Gasteiger partial charge in [0.15, 0.2) is 0 Å². The Morgan fingerprint density at radius 1 is 1.17 bits per heavy atom. The van der Waals surface area contributed by atoms with Crippen molar-refractivity contribution in [2.75, 3.05) is 0 Å². The number of hydrogen-bond donors (Lipinski definition) is 1. The average molecular weight is 321 g/mol. The molecule has 0 fully saturated rings. The number of carboxylic acid groups (broad SMARTS) is 1. The van der Waals surface area contributed by atoms with E-state index in [0.29, 0.717) is 12.8 Å². The molecule has 24 heavy (non-hydrogen) atoms. The largest absolute Gasteiger partial charge is 0.481 e. The van der Waals surface area contributed by atoms with Gasteiger partial charge in [-0.1, -0.05) is 48.6 Å². The van der Waals surface area contributed by atoms with Crippen molar-refractivity contribution in [2.45, 2.75) is 25.7 Å². The summed E-state index contributed by atoms with van der Waals surface area (Å²) in [5.41, 5.74) is 3.36. The van der Waals surface area contributed by atoms with Crippen molar-refractivity contribution < 1.29 is 9.90 Å². The zero-order valence-corrected chi connectivity index (χ0v) is 13.8. The highest BCUT2D eigenvalue weighted by molar-refractivity contribution is 5.79. The van der Waals surface area contributed by atoms with Gasteiger partial charge in [-0.05, 0) is 42.9 Å². The summed E-state index contributed by atoms with van der Waals surface area (Å²) in [6.07, 6.45) is 10.3. The van der Waals surface area contributed by atoms with E-state index in [1.54, 1.807) is 12.3 Å².